The van der Waals surface area contributed by atoms with Gasteiger partial charge in [-0.25, -0.2) is 0 Å². The Morgan fingerprint density at radius 2 is 1.68 bits per heavy atom. The highest BCUT2D eigenvalue weighted by Crippen LogP contribution is 2.38. The summed E-state index contributed by atoms with van der Waals surface area (Å²) >= 11 is 0. The number of benzene rings is 2. The summed E-state index contributed by atoms with van der Waals surface area (Å²) in [6.07, 6.45) is 2.12. The van der Waals surface area contributed by atoms with Gasteiger partial charge in [0.15, 0.2) is 5.78 Å². The van der Waals surface area contributed by atoms with Crippen LogP contribution in [0, 0.1) is 5.92 Å². The summed E-state index contributed by atoms with van der Waals surface area (Å²) in [6.45, 7) is 2.15. The minimum absolute atomic E-state index is 0.0112. The zero-order valence-corrected chi connectivity index (χ0v) is 10.9. The molecule has 0 saturated carbocycles. The normalized spacial score (nSPS) is 29.9. The molecule has 3 aliphatic heterocycles. The van der Waals surface area contributed by atoms with Gasteiger partial charge in [-0.1, -0.05) is 36.4 Å². The van der Waals surface area contributed by atoms with Gasteiger partial charge in [-0.15, -0.1) is 0 Å². The molecule has 3 heterocycles. The first-order valence-corrected chi connectivity index (χ1v) is 7.09. The number of Topliss-reactive ketones (excluding diaryl/α,β-unsaturated/α-hetero) is 1. The van der Waals surface area contributed by atoms with Crippen molar-refractivity contribution in [1.29, 1.82) is 0 Å². The number of ketones is 1. The van der Waals surface area contributed by atoms with Crippen molar-refractivity contribution < 1.29 is 4.79 Å². The van der Waals surface area contributed by atoms with Gasteiger partial charge in [0, 0.05) is 5.92 Å². The third kappa shape index (κ3) is 1.71. The quantitative estimate of drug-likeness (QED) is 0.776. The van der Waals surface area contributed by atoms with E-state index in [0.717, 1.165) is 25.9 Å². The predicted octanol–water partition coefficient (Wildman–Crippen LogP) is 3.18. The zero-order valence-electron chi connectivity index (χ0n) is 10.9. The Kier molecular flexibility index (Phi) is 2.46. The Balaban J connectivity index is 1.79. The molecular weight excluding hydrogens is 234 g/mol. The Labute approximate surface area is 113 Å². The Morgan fingerprint density at radius 1 is 0.947 bits per heavy atom. The molecule has 96 valence electrons. The van der Waals surface area contributed by atoms with Crippen molar-refractivity contribution in [2.75, 3.05) is 13.1 Å². The summed E-state index contributed by atoms with van der Waals surface area (Å²) in [7, 11) is 0. The van der Waals surface area contributed by atoms with Gasteiger partial charge in [0.1, 0.15) is 0 Å². The third-order valence-electron chi connectivity index (χ3n) is 4.66. The maximum absolute atomic E-state index is 12.5. The molecule has 19 heavy (non-hydrogen) atoms. The monoisotopic (exact) mass is 251 g/mol. The molecule has 3 aliphatic rings. The van der Waals surface area contributed by atoms with Crippen molar-refractivity contribution in [3.8, 4) is 0 Å². The van der Waals surface area contributed by atoms with Crippen LogP contribution in [-0.2, 0) is 4.79 Å². The van der Waals surface area contributed by atoms with E-state index in [0.29, 0.717) is 11.7 Å². The number of nitrogens with zero attached hydrogens (tertiary/aromatic N) is 1. The first kappa shape index (κ1) is 11.2. The number of piperidine rings is 3. The highest BCUT2D eigenvalue weighted by Gasteiger charge is 2.41. The van der Waals surface area contributed by atoms with Crippen LogP contribution >= 0.6 is 0 Å². The van der Waals surface area contributed by atoms with E-state index in [9.17, 15) is 4.79 Å². The minimum Gasteiger partial charge on any atom is -0.297 e. The summed E-state index contributed by atoms with van der Waals surface area (Å²) in [5, 5.41) is 2.48. The lowest BCUT2D eigenvalue weighted by molar-refractivity contribution is -0.137. The Morgan fingerprint density at radius 3 is 2.42 bits per heavy atom. The molecule has 0 amide bonds. The molecule has 2 bridgehead atoms. The van der Waals surface area contributed by atoms with Crippen LogP contribution in [0.1, 0.15) is 24.4 Å². The van der Waals surface area contributed by atoms with Gasteiger partial charge < -0.3 is 0 Å². The molecule has 0 radical (unpaired) electrons. The summed E-state index contributed by atoms with van der Waals surface area (Å²) in [5.41, 5.74) is 1.17. The maximum Gasteiger partial charge on any atom is 0.157 e. The second kappa shape index (κ2) is 4.17. The molecule has 2 nitrogen and oxygen atoms in total. The molecule has 2 heteroatoms. The smallest absolute Gasteiger partial charge is 0.157 e. The number of hydrogen-bond donors (Lipinski definition) is 0. The largest absolute Gasteiger partial charge is 0.297 e. The van der Waals surface area contributed by atoms with Crippen LogP contribution in [0.3, 0.4) is 0 Å². The summed E-state index contributed by atoms with van der Waals surface area (Å²) < 4.78 is 0. The summed E-state index contributed by atoms with van der Waals surface area (Å²) in [6, 6.07) is 14.8. The molecule has 0 N–H and O–H groups in total. The summed E-state index contributed by atoms with van der Waals surface area (Å²) in [5.74, 6) is 0.745. The molecule has 1 unspecified atom stereocenters. The van der Waals surface area contributed by atoms with Crippen molar-refractivity contribution in [2.24, 2.45) is 5.92 Å². The molecule has 0 spiro atoms. The van der Waals surface area contributed by atoms with Crippen LogP contribution in [0.2, 0.25) is 0 Å². The lowest BCUT2D eigenvalue weighted by Gasteiger charge is -2.44. The van der Waals surface area contributed by atoms with Crippen molar-refractivity contribution in [3.63, 3.8) is 0 Å². The van der Waals surface area contributed by atoms with Gasteiger partial charge in [0.05, 0.1) is 6.04 Å². The van der Waals surface area contributed by atoms with Crippen LogP contribution < -0.4 is 0 Å². The number of carbonyl (C=O) groups is 1. The molecule has 1 atom stereocenters. The lowest BCUT2D eigenvalue weighted by atomic mass is 9.79. The van der Waals surface area contributed by atoms with E-state index < -0.39 is 0 Å². The van der Waals surface area contributed by atoms with Gasteiger partial charge in [0.2, 0.25) is 0 Å². The molecular formula is C17H17NO. The zero-order chi connectivity index (χ0) is 12.8. The highest BCUT2D eigenvalue weighted by molar-refractivity contribution is 5.91. The van der Waals surface area contributed by atoms with Crippen molar-refractivity contribution >= 4 is 16.6 Å². The Bertz CT molecular complexity index is 641. The standard InChI is InChI=1S/C17H17NO/c19-17-13-7-9-18(10-8-13)16(17)15-6-5-12-3-1-2-4-14(12)11-15/h1-6,11,13,16H,7-10H2. The number of fused-ring (bicyclic) bond motifs is 4. The van der Waals surface area contributed by atoms with Gasteiger partial charge in [0.25, 0.3) is 0 Å². The van der Waals surface area contributed by atoms with Gasteiger partial charge in [-0.05, 0) is 48.3 Å². The van der Waals surface area contributed by atoms with Crippen LogP contribution in [0.15, 0.2) is 42.5 Å². The highest BCUT2D eigenvalue weighted by atomic mass is 16.1. The predicted molar refractivity (Wildman–Crippen MR) is 76.0 cm³/mol. The second-order valence-corrected chi connectivity index (χ2v) is 5.72. The average molecular weight is 251 g/mol. The van der Waals surface area contributed by atoms with Crippen LogP contribution in [-0.4, -0.2) is 23.8 Å². The van der Waals surface area contributed by atoms with E-state index in [1.165, 1.54) is 16.3 Å². The minimum atomic E-state index is 0.0112. The fourth-order valence-electron chi connectivity index (χ4n) is 3.60. The van der Waals surface area contributed by atoms with E-state index in [2.05, 4.69) is 47.4 Å². The molecule has 3 saturated heterocycles. The van der Waals surface area contributed by atoms with Crippen molar-refractivity contribution in [3.05, 3.63) is 48.0 Å². The number of rotatable bonds is 1. The van der Waals surface area contributed by atoms with E-state index in [4.69, 9.17) is 0 Å². The summed E-state index contributed by atoms with van der Waals surface area (Å²) in [4.78, 5) is 14.8. The lowest BCUT2D eigenvalue weighted by Crippen LogP contribution is -2.50. The van der Waals surface area contributed by atoms with Crippen LogP contribution in [0.25, 0.3) is 10.8 Å². The van der Waals surface area contributed by atoms with Crippen LogP contribution in [0.4, 0.5) is 0 Å². The Hall–Kier alpha value is -1.67. The fraction of sp³-hybridized carbons (Fsp3) is 0.353. The fourth-order valence-corrected chi connectivity index (χ4v) is 3.60. The van der Waals surface area contributed by atoms with E-state index in [-0.39, 0.29) is 6.04 Å². The van der Waals surface area contributed by atoms with E-state index >= 15 is 0 Å². The molecule has 3 fully saturated rings. The molecule has 2 aromatic carbocycles. The first-order chi connectivity index (χ1) is 9.33. The molecule has 5 rings (SSSR count). The van der Waals surface area contributed by atoms with E-state index in [1.807, 2.05) is 0 Å². The SMILES string of the molecule is O=C1C2CCN(CC2)C1c1ccc2ccccc2c1. The topological polar surface area (TPSA) is 20.3 Å². The van der Waals surface area contributed by atoms with Crippen molar-refractivity contribution in [1.82, 2.24) is 4.90 Å². The maximum atomic E-state index is 12.5. The van der Waals surface area contributed by atoms with E-state index in [1.54, 1.807) is 0 Å². The number of hydrogen-bond acceptors (Lipinski definition) is 2. The van der Waals surface area contributed by atoms with Gasteiger partial charge in [-0.2, -0.15) is 0 Å². The molecule has 2 aromatic rings. The molecule has 0 aliphatic carbocycles. The third-order valence-corrected chi connectivity index (χ3v) is 4.66. The number of carbonyl (C=O) groups excluding carboxylic acids is 1. The second-order valence-electron chi connectivity index (χ2n) is 5.72. The van der Waals surface area contributed by atoms with Crippen LogP contribution in [0.5, 0.6) is 0 Å². The van der Waals surface area contributed by atoms with Crippen molar-refractivity contribution in [2.45, 2.75) is 18.9 Å². The van der Waals surface area contributed by atoms with Gasteiger partial charge >= 0.3 is 0 Å². The average Bonchev–Trinajstić information content (AvgIpc) is 2.48. The van der Waals surface area contributed by atoms with Gasteiger partial charge in [-0.3, -0.25) is 9.69 Å². The first-order valence-electron chi connectivity index (χ1n) is 7.09. The molecule has 0 aromatic heterocycles.